The van der Waals surface area contributed by atoms with Gasteiger partial charge in [-0.05, 0) is 31.6 Å². The molecule has 2 heterocycles. The number of nitrogens with zero attached hydrogens (tertiary/aromatic N) is 3. The van der Waals surface area contributed by atoms with Gasteiger partial charge in [0.15, 0.2) is 5.03 Å². The van der Waals surface area contributed by atoms with Crippen molar-refractivity contribution in [1.82, 2.24) is 14.1 Å². The van der Waals surface area contributed by atoms with Crippen LogP contribution in [0.4, 0.5) is 0 Å². The zero-order valence-corrected chi connectivity index (χ0v) is 12.9. The van der Waals surface area contributed by atoms with Gasteiger partial charge >= 0.3 is 5.97 Å². The van der Waals surface area contributed by atoms with Gasteiger partial charge in [0.2, 0.25) is 0 Å². The summed E-state index contributed by atoms with van der Waals surface area (Å²) in [7, 11) is -1.94. The third-order valence-corrected chi connectivity index (χ3v) is 6.97. The molecule has 2 fully saturated rings. The van der Waals surface area contributed by atoms with E-state index in [4.69, 9.17) is 5.11 Å². The molecule has 2 aliphatic rings. The Bertz CT molecular complexity index is 667. The number of aromatic nitrogens is 2. The van der Waals surface area contributed by atoms with E-state index >= 15 is 0 Å². The first-order valence-electron chi connectivity index (χ1n) is 6.99. The van der Waals surface area contributed by atoms with Crippen LogP contribution < -0.4 is 0 Å². The van der Waals surface area contributed by atoms with Crippen LogP contribution in [0.5, 0.6) is 0 Å². The summed E-state index contributed by atoms with van der Waals surface area (Å²) in [6.07, 6.45) is 3.47. The molecular formula is C13H19N3O4S. The maximum absolute atomic E-state index is 12.7. The highest BCUT2D eigenvalue weighted by Gasteiger charge is 2.59. The van der Waals surface area contributed by atoms with Crippen molar-refractivity contribution in [2.75, 3.05) is 13.1 Å². The number of piperidine rings is 1. The van der Waals surface area contributed by atoms with Gasteiger partial charge in [-0.1, -0.05) is 0 Å². The molecule has 1 unspecified atom stereocenters. The highest BCUT2D eigenvalue weighted by Crippen LogP contribution is 2.59. The monoisotopic (exact) mass is 313 g/mol. The largest absolute Gasteiger partial charge is 0.481 e. The first-order chi connectivity index (χ1) is 9.78. The Morgan fingerprint density at radius 2 is 2.05 bits per heavy atom. The number of hydrogen-bond acceptors (Lipinski definition) is 4. The Kier molecular flexibility index (Phi) is 3.14. The van der Waals surface area contributed by atoms with E-state index in [-0.39, 0.29) is 16.4 Å². The SMILES string of the molecule is Cc1cnn(C)c1S(=O)(=O)N1CCC2(CC1)CC2C(=O)O. The average Bonchev–Trinajstić information content (AvgIpc) is 2.99. The number of carbonyl (C=O) groups is 1. The second-order valence-corrected chi connectivity index (χ2v) is 7.97. The average molecular weight is 313 g/mol. The fraction of sp³-hybridized carbons (Fsp3) is 0.692. The van der Waals surface area contributed by atoms with Crippen molar-refractivity contribution < 1.29 is 18.3 Å². The predicted molar refractivity (Wildman–Crippen MR) is 74.1 cm³/mol. The Morgan fingerprint density at radius 1 is 1.43 bits per heavy atom. The molecule has 1 saturated heterocycles. The van der Waals surface area contributed by atoms with Crippen LogP contribution in [0.3, 0.4) is 0 Å². The smallest absolute Gasteiger partial charge is 0.307 e. The van der Waals surface area contributed by atoms with E-state index in [0.717, 1.165) is 0 Å². The molecule has 1 atom stereocenters. The third kappa shape index (κ3) is 2.17. The Hall–Kier alpha value is -1.41. The lowest BCUT2D eigenvalue weighted by atomic mass is 9.92. The molecule has 1 saturated carbocycles. The van der Waals surface area contributed by atoms with Gasteiger partial charge in [0, 0.05) is 25.7 Å². The summed E-state index contributed by atoms with van der Waals surface area (Å²) in [5.74, 6) is -1.05. The summed E-state index contributed by atoms with van der Waals surface area (Å²) in [5.41, 5.74) is 0.465. The summed E-state index contributed by atoms with van der Waals surface area (Å²) in [6.45, 7) is 2.50. The second kappa shape index (κ2) is 4.54. The van der Waals surface area contributed by atoms with E-state index in [1.54, 1.807) is 20.2 Å². The number of carboxylic acid groups (broad SMARTS) is 1. The van der Waals surface area contributed by atoms with Gasteiger partial charge in [-0.2, -0.15) is 9.40 Å². The summed E-state index contributed by atoms with van der Waals surface area (Å²) in [5, 5.41) is 13.3. The standard InChI is InChI=1S/C13H19N3O4S/c1-9-8-14-15(2)11(9)21(19,20)16-5-3-13(4-6-16)7-10(13)12(17)18/h8,10H,3-7H2,1-2H3,(H,17,18). The molecule has 1 aliphatic carbocycles. The number of rotatable bonds is 3. The Balaban J connectivity index is 1.77. The summed E-state index contributed by atoms with van der Waals surface area (Å²) in [6, 6.07) is 0. The van der Waals surface area contributed by atoms with Gasteiger partial charge in [-0.15, -0.1) is 0 Å². The molecule has 1 aromatic heterocycles. The zero-order chi connectivity index (χ0) is 15.4. The van der Waals surface area contributed by atoms with Crippen LogP contribution >= 0.6 is 0 Å². The molecule has 8 heteroatoms. The number of aryl methyl sites for hydroxylation is 2. The van der Waals surface area contributed by atoms with Crippen LogP contribution in [-0.4, -0.2) is 46.7 Å². The number of sulfonamides is 1. The van der Waals surface area contributed by atoms with Crippen molar-refractivity contribution in [2.24, 2.45) is 18.4 Å². The van der Waals surface area contributed by atoms with Crippen molar-refractivity contribution in [2.45, 2.75) is 31.2 Å². The summed E-state index contributed by atoms with van der Waals surface area (Å²) < 4.78 is 28.2. The van der Waals surface area contributed by atoms with Gasteiger partial charge in [0.1, 0.15) is 0 Å². The molecule has 3 rings (SSSR count). The summed E-state index contributed by atoms with van der Waals surface area (Å²) in [4.78, 5) is 11.0. The molecule has 1 spiro atoms. The van der Waals surface area contributed by atoms with Crippen molar-refractivity contribution in [1.29, 1.82) is 0 Å². The molecule has 116 valence electrons. The van der Waals surface area contributed by atoms with E-state index in [2.05, 4.69) is 5.10 Å². The van der Waals surface area contributed by atoms with Crippen LogP contribution in [0, 0.1) is 18.3 Å². The highest BCUT2D eigenvalue weighted by atomic mass is 32.2. The van der Waals surface area contributed by atoms with Crippen molar-refractivity contribution in [3.05, 3.63) is 11.8 Å². The molecule has 0 aromatic carbocycles. The molecule has 0 bridgehead atoms. The first kappa shape index (κ1) is 14.5. The minimum absolute atomic E-state index is 0.167. The molecule has 7 nitrogen and oxygen atoms in total. The lowest BCUT2D eigenvalue weighted by molar-refractivity contribution is -0.139. The summed E-state index contributed by atoms with van der Waals surface area (Å²) >= 11 is 0. The molecule has 1 N–H and O–H groups in total. The van der Waals surface area contributed by atoms with Crippen LogP contribution in [0.2, 0.25) is 0 Å². The van der Waals surface area contributed by atoms with Crippen LogP contribution in [0.25, 0.3) is 0 Å². The lowest BCUT2D eigenvalue weighted by Crippen LogP contribution is -2.40. The Labute approximate surface area is 123 Å². The van der Waals surface area contributed by atoms with Gasteiger partial charge in [0.05, 0.1) is 12.1 Å². The molecule has 21 heavy (non-hydrogen) atoms. The number of hydrogen-bond donors (Lipinski definition) is 1. The van der Waals surface area contributed by atoms with Crippen molar-refractivity contribution in [3.63, 3.8) is 0 Å². The maximum atomic E-state index is 12.7. The van der Waals surface area contributed by atoms with Gasteiger partial charge in [0.25, 0.3) is 10.0 Å². The second-order valence-electron chi connectivity index (χ2n) is 6.12. The number of carboxylic acids is 1. The van der Waals surface area contributed by atoms with Crippen LogP contribution in [0.1, 0.15) is 24.8 Å². The molecule has 0 amide bonds. The maximum Gasteiger partial charge on any atom is 0.307 e. The van der Waals surface area contributed by atoms with E-state index in [1.807, 2.05) is 0 Å². The van der Waals surface area contributed by atoms with E-state index < -0.39 is 16.0 Å². The highest BCUT2D eigenvalue weighted by molar-refractivity contribution is 7.89. The van der Waals surface area contributed by atoms with Crippen molar-refractivity contribution >= 4 is 16.0 Å². The van der Waals surface area contributed by atoms with Gasteiger partial charge in [-0.3, -0.25) is 9.48 Å². The van der Waals surface area contributed by atoms with Gasteiger partial charge in [-0.25, -0.2) is 8.42 Å². The lowest BCUT2D eigenvalue weighted by Gasteiger charge is -2.31. The van der Waals surface area contributed by atoms with E-state index in [0.29, 0.717) is 37.9 Å². The minimum atomic E-state index is -3.55. The van der Waals surface area contributed by atoms with Gasteiger partial charge < -0.3 is 5.11 Å². The van der Waals surface area contributed by atoms with E-state index in [9.17, 15) is 13.2 Å². The first-order valence-corrected chi connectivity index (χ1v) is 8.43. The molecule has 0 radical (unpaired) electrons. The zero-order valence-electron chi connectivity index (χ0n) is 12.1. The quantitative estimate of drug-likeness (QED) is 0.882. The topological polar surface area (TPSA) is 92.5 Å². The molecule has 1 aliphatic heterocycles. The fourth-order valence-corrected chi connectivity index (χ4v) is 5.20. The van der Waals surface area contributed by atoms with Crippen LogP contribution in [0.15, 0.2) is 11.2 Å². The fourth-order valence-electron chi connectivity index (χ4n) is 3.45. The number of aliphatic carboxylic acids is 1. The van der Waals surface area contributed by atoms with Crippen molar-refractivity contribution in [3.8, 4) is 0 Å². The minimum Gasteiger partial charge on any atom is -0.481 e. The Morgan fingerprint density at radius 3 is 2.48 bits per heavy atom. The third-order valence-electron chi connectivity index (χ3n) is 4.85. The van der Waals surface area contributed by atoms with E-state index in [1.165, 1.54) is 8.99 Å². The molecular weight excluding hydrogens is 294 g/mol. The normalized spacial score (nSPS) is 25.1. The van der Waals surface area contributed by atoms with Crippen LogP contribution in [-0.2, 0) is 21.9 Å². The molecule has 1 aromatic rings. The predicted octanol–water partition coefficient (Wildman–Crippen LogP) is 0.604.